The highest BCUT2D eigenvalue weighted by atomic mass is 35.5. The van der Waals surface area contributed by atoms with Gasteiger partial charge in [0, 0.05) is 13.0 Å². The van der Waals surface area contributed by atoms with Crippen LogP contribution in [0.15, 0.2) is 18.2 Å². The number of aliphatic hydroxyl groups excluding tert-OH is 1. The van der Waals surface area contributed by atoms with Gasteiger partial charge in [0.1, 0.15) is 18.7 Å². The van der Waals surface area contributed by atoms with Crippen molar-refractivity contribution in [3.05, 3.63) is 33.8 Å². The van der Waals surface area contributed by atoms with Crippen LogP contribution in [0.2, 0.25) is 10.0 Å². The van der Waals surface area contributed by atoms with E-state index in [-0.39, 0.29) is 41.5 Å². The van der Waals surface area contributed by atoms with Gasteiger partial charge in [0.05, 0.1) is 28.6 Å². The number of urea groups is 1. The van der Waals surface area contributed by atoms with E-state index in [1.165, 1.54) is 18.2 Å². The van der Waals surface area contributed by atoms with E-state index >= 15 is 0 Å². The molecule has 2 aliphatic rings. The van der Waals surface area contributed by atoms with Gasteiger partial charge in [0.15, 0.2) is 12.4 Å². The van der Waals surface area contributed by atoms with E-state index in [0.717, 1.165) is 15.0 Å². The highest BCUT2D eigenvalue weighted by Crippen LogP contribution is 2.26. The molecule has 15 nitrogen and oxygen atoms in total. The van der Waals surface area contributed by atoms with Crippen molar-refractivity contribution in [2.75, 3.05) is 26.3 Å². The third kappa shape index (κ3) is 7.16. The Bertz CT molecular complexity index is 1210. The van der Waals surface area contributed by atoms with E-state index in [2.05, 4.69) is 10.7 Å². The number of rotatable bonds is 10. The standard InChI is InChI=1S/C23H25Cl2N5O10/c24-12-3-1-4-13(25)20(12)22(38)40-11-16(32)14(9-19(35)36)26-21(37)15-5-2-7-29-18(34)6-8-28(23(39)30(15)29)27-17(33)10-31/h1,3-4,14-15,31H,2,5-11H2,(H,26,37)(H,27,33)(H,35,36)/t14-,15-/m0/s1. The quantitative estimate of drug-likeness (QED) is 0.258. The number of amides is 5. The van der Waals surface area contributed by atoms with E-state index in [1.54, 1.807) is 0 Å². The number of nitrogens with zero attached hydrogens (tertiary/aromatic N) is 3. The number of halogens is 2. The average molecular weight is 602 g/mol. The molecule has 4 N–H and O–H groups in total. The van der Waals surface area contributed by atoms with Gasteiger partial charge >= 0.3 is 18.0 Å². The van der Waals surface area contributed by atoms with Crippen LogP contribution in [0.5, 0.6) is 0 Å². The summed E-state index contributed by atoms with van der Waals surface area (Å²) in [6.07, 6.45) is -0.734. The second-order valence-corrected chi connectivity index (χ2v) is 9.51. The molecule has 2 heterocycles. The van der Waals surface area contributed by atoms with Crippen LogP contribution in [0.25, 0.3) is 0 Å². The maximum atomic E-state index is 13.3. The molecule has 0 bridgehead atoms. The molecule has 40 heavy (non-hydrogen) atoms. The number of hydrogen-bond donors (Lipinski definition) is 4. The monoisotopic (exact) mass is 601 g/mol. The molecule has 1 aromatic carbocycles. The van der Waals surface area contributed by atoms with Gasteiger partial charge in [-0.3, -0.25) is 29.4 Å². The maximum absolute atomic E-state index is 13.3. The first-order valence-electron chi connectivity index (χ1n) is 11.9. The van der Waals surface area contributed by atoms with Crippen molar-refractivity contribution in [1.82, 2.24) is 25.8 Å². The van der Waals surface area contributed by atoms with Crippen LogP contribution in [0.4, 0.5) is 4.79 Å². The lowest BCUT2D eigenvalue weighted by atomic mass is 10.0. The van der Waals surface area contributed by atoms with Crippen molar-refractivity contribution in [3.8, 4) is 0 Å². The lowest BCUT2D eigenvalue weighted by molar-refractivity contribution is -0.155. The number of hydrazine groups is 2. The topological polar surface area (TPSA) is 203 Å². The minimum Gasteiger partial charge on any atom is -0.481 e. The number of fused-ring (bicyclic) bond motifs is 1. The van der Waals surface area contributed by atoms with Crippen LogP contribution in [0, 0.1) is 0 Å². The summed E-state index contributed by atoms with van der Waals surface area (Å²) in [6, 6.07) is 0.262. The molecule has 216 valence electrons. The molecule has 0 aliphatic carbocycles. The van der Waals surface area contributed by atoms with Crippen LogP contribution in [0.1, 0.15) is 36.0 Å². The van der Waals surface area contributed by atoms with E-state index in [0.29, 0.717) is 6.42 Å². The number of ketones is 1. The molecule has 0 unspecified atom stereocenters. The number of carbonyl (C=O) groups is 7. The van der Waals surface area contributed by atoms with Crippen molar-refractivity contribution >= 4 is 64.7 Å². The summed E-state index contributed by atoms with van der Waals surface area (Å²) in [5.74, 6) is -5.88. The zero-order valence-electron chi connectivity index (χ0n) is 20.8. The Hall–Kier alpha value is -3.95. The van der Waals surface area contributed by atoms with Crippen molar-refractivity contribution in [2.45, 2.75) is 37.8 Å². The molecule has 2 atom stereocenters. The fourth-order valence-corrected chi connectivity index (χ4v) is 4.64. The summed E-state index contributed by atoms with van der Waals surface area (Å²) in [6.45, 7) is -2.00. The van der Waals surface area contributed by atoms with E-state index in [1.807, 2.05) is 0 Å². The lowest BCUT2D eigenvalue weighted by Gasteiger charge is -2.43. The molecule has 2 fully saturated rings. The number of carbonyl (C=O) groups excluding carboxylic acids is 6. The number of hydrogen-bond acceptors (Lipinski definition) is 9. The fraction of sp³-hybridized carbons (Fsp3) is 0.435. The molecule has 0 saturated carbocycles. The molecule has 5 amide bonds. The highest BCUT2D eigenvalue weighted by molar-refractivity contribution is 6.39. The van der Waals surface area contributed by atoms with Gasteiger partial charge in [0.2, 0.25) is 11.8 Å². The van der Waals surface area contributed by atoms with Crippen molar-refractivity contribution in [3.63, 3.8) is 0 Å². The van der Waals surface area contributed by atoms with Crippen molar-refractivity contribution in [2.24, 2.45) is 0 Å². The number of aliphatic carboxylic acids is 1. The van der Waals surface area contributed by atoms with Gasteiger partial charge < -0.3 is 20.3 Å². The Labute approximate surface area is 236 Å². The largest absolute Gasteiger partial charge is 0.481 e. The Morgan fingerprint density at radius 2 is 1.77 bits per heavy atom. The Morgan fingerprint density at radius 3 is 2.40 bits per heavy atom. The van der Waals surface area contributed by atoms with Gasteiger partial charge in [-0.2, -0.15) is 0 Å². The van der Waals surface area contributed by atoms with Gasteiger partial charge in [0.25, 0.3) is 5.91 Å². The average Bonchev–Trinajstić information content (AvgIpc) is 3.02. The molecular formula is C23H25Cl2N5O10. The number of carboxylic acid groups (broad SMARTS) is 1. The third-order valence-electron chi connectivity index (χ3n) is 5.97. The van der Waals surface area contributed by atoms with Gasteiger partial charge in [-0.15, -0.1) is 0 Å². The number of esters is 1. The molecule has 0 spiro atoms. The number of benzene rings is 1. The number of aliphatic hydroxyl groups is 1. The molecule has 0 aromatic heterocycles. The SMILES string of the molecule is O=C(O)C[C@H](NC(=O)[C@@H]1CCCN2C(=O)CCN(NC(=O)CO)C(=O)N12)C(=O)COC(=O)c1c(Cl)cccc1Cl. The first-order valence-corrected chi connectivity index (χ1v) is 12.7. The lowest BCUT2D eigenvalue weighted by Crippen LogP contribution is -2.65. The third-order valence-corrected chi connectivity index (χ3v) is 6.60. The van der Waals surface area contributed by atoms with Gasteiger partial charge in [-0.05, 0) is 25.0 Å². The minimum atomic E-state index is -1.67. The second kappa shape index (κ2) is 13.4. The molecule has 2 saturated heterocycles. The summed E-state index contributed by atoms with van der Waals surface area (Å²) in [4.78, 5) is 87.5. The van der Waals surface area contributed by atoms with Crippen LogP contribution < -0.4 is 10.7 Å². The Kier molecular flexibility index (Phi) is 10.3. The van der Waals surface area contributed by atoms with Crippen LogP contribution in [0.3, 0.4) is 0 Å². The molecular weight excluding hydrogens is 577 g/mol. The first kappa shape index (κ1) is 30.6. The summed E-state index contributed by atoms with van der Waals surface area (Å²) >= 11 is 11.9. The molecule has 3 rings (SSSR count). The number of nitrogens with one attached hydrogen (secondary N) is 2. The molecule has 0 radical (unpaired) electrons. The van der Waals surface area contributed by atoms with Crippen molar-refractivity contribution in [1.29, 1.82) is 0 Å². The predicted molar refractivity (Wildman–Crippen MR) is 134 cm³/mol. The maximum Gasteiger partial charge on any atom is 0.358 e. The summed E-state index contributed by atoms with van der Waals surface area (Å²) in [7, 11) is 0. The van der Waals surface area contributed by atoms with Crippen LogP contribution >= 0.6 is 23.2 Å². The number of carboxylic acids is 1. The van der Waals surface area contributed by atoms with Gasteiger partial charge in [-0.1, -0.05) is 29.3 Å². The Morgan fingerprint density at radius 1 is 1.10 bits per heavy atom. The number of Topliss-reactive ketones (excluding diaryl/α,β-unsaturated/α-hetero) is 1. The van der Waals surface area contributed by atoms with Gasteiger partial charge in [-0.25, -0.2) is 24.6 Å². The highest BCUT2D eigenvalue weighted by Gasteiger charge is 2.44. The van der Waals surface area contributed by atoms with Crippen LogP contribution in [-0.4, -0.2) is 105 Å². The van der Waals surface area contributed by atoms with E-state index < -0.39 is 73.2 Å². The van der Waals surface area contributed by atoms with Crippen molar-refractivity contribution < 1.29 is 48.5 Å². The summed E-state index contributed by atoms with van der Waals surface area (Å²) < 4.78 is 4.95. The minimum absolute atomic E-state index is 0.0388. The molecule has 17 heteroatoms. The smallest absolute Gasteiger partial charge is 0.358 e. The van der Waals surface area contributed by atoms with Crippen LogP contribution in [-0.2, 0) is 28.7 Å². The zero-order chi connectivity index (χ0) is 29.6. The first-order chi connectivity index (χ1) is 18.9. The number of ether oxygens (including phenoxy) is 1. The molecule has 2 aliphatic heterocycles. The molecule has 1 aromatic rings. The zero-order valence-corrected chi connectivity index (χ0v) is 22.3. The summed E-state index contributed by atoms with van der Waals surface area (Å²) in [5, 5.41) is 23.2. The second-order valence-electron chi connectivity index (χ2n) is 8.69. The predicted octanol–water partition coefficient (Wildman–Crippen LogP) is -0.264. The van der Waals surface area contributed by atoms with E-state index in [4.69, 9.17) is 33.0 Å². The fourth-order valence-electron chi connectivity index (χ4n) is 4.09. The summed E-state index contributed by atoms with van der Waals surface area (Å²) in [5.41, 5.74) is 1.94. The normalized spacial score (nSPS) is 17.9. The Balaban J connectivity index is 1.76. The van der Waals surface area contributed by atoms with E-state index in [9.17, 15) is 38.7 Å².